The molecule has 10 heteroatoms. The van der Waals surface area contributed by atoms with E-state index in [0.717, 1.165) is 43.2 Å². The molecule has 0 spiro atoms. The highest BCUT2D eigenvalue weighted by Crippen LogP contribution is 2.41. The summed E-state index contributed by atoms with van der Waals surface area (Å²) in [5.74, 6) is -0.305. The lowest BCUT2D eigenvalue weighted by Crippen LogP contribution is -2.26. The van der Waals surface area contributed by atoms with Gasteiger partial charge in [0, 0.05) is 6.42 Å². The van der Waals surface area contributed by atoms with Crippen LogP contribution in [0.15, 0.2) is 29.1 Å². The Morgan fingerprint density at radius 2 is 1.67 bits per heavy atom. The van der Waals surface area contributed by atoms with Gasteiger partial charge in [0.1, 0.15) is 5.52 Å². The molecule has 45 heavy (non-hydrogen) atoms. The van der Waals surface area contributed by atoms with Gasteiger partial charge in [0.25, 0.3) is 0 Å². The van der Waals surface area contributed by atoms with Crippen LogP contribution in [0.5, 0.6) is 6.01 Å². The molecule has 248 valence electrons. The normalized spacial score (nSPS) is 12.4. The van der Waals surface area contributed by atoms with Crippen molar-refractivity contribution >= 4 is 28.9 Å². The Kier molecular flexibility index (Phi) is 12.0. The summed E-state index contributed by atoms with van der Waals surface area (Å²) >= 11 is 0. The number of carbonyl (C=O) groups excluding carboxylic acids is 2. The number of imidazole rings is 1. The third kappa shape index (κ3) is 11.3. The van der Waals surface area contributed by atoms with E-state index in [-0.39, 0.29) is 52.9 Å². The molecule has 0 unspecified atom stereocenters. The lowest BCUT2D eigenvalue weighted by atomic mass is 9.69. The van der Waals surface area contributed by atoms with Crippen LogP contribution in [0.3, 0.4) is 0 Å². The number of hydrogen-bond donors (Lipinski definition) is 2. The quantitative estimate of drug-likeness (QED) is 0.129. The number of aromatic nitrogens is 4. The van der Waals surface area contributed by atoms with Crippen LogP contribution < -0.4 is 15.7 Å². The van der Waals surface area contributed by atoms with Crippen LogP contribution in [0, 0.1) is 16.2 Å². The number of methoxy groups -OCH3 is 1. The number of hydrogen-bond acceptors (Lipinski definition) is 7. The predicted molar refractivity (Wildman–Crippen MR) is 179 cm³/mol. The summed E-state index contributed by atoms with van der Waals surface area (Å²) in [7, 11) is 1.35. The van der Waals surface area contributed by atoms with E-state index in [0.29, 0.717) is 30.6 Å². The Hall–Kier alpha value is -3.69. The number of rotatable bonds is 16. The van der Waals surface area contributed by atoms with Crippen LogP contribution in [0.2, 0.25) is 0 Å². The molecule has 3 aromatic rings. The molecule has 0 radical (unpaired) electrons. The fourth-order valence-electron chi connectivity index (χ4n) is 5.71. The summed E-state index contributed by atoms with van der Waals surface area (Å²) in [6.45, 7) is 18.6. The zero-order chi connectivity index (χ0) is 33.4. The summed E-state index contributed by atoms with van der Waals surface area (Å²) in [5, 5.41) is 2.93. The number of benzene rings is 1. The fourth-order valence-corrected chi connectivity index (χ4v) is 5.71. The van der Waals surface area contributed by atoms with Gasteiger partial charge < -0.3 is 19.8 Å². The van der Waals surface area contributed by atoms with Crippen molar-refractivity contribution in [2.45, 2.75) is 113 Å². The first kappa shape index (κ1) is 35.8. The molecular weight excluding hydrogens is 570 g/mol. The average molecular weight is 624 g/mol. The number of anilines is 1. The largest absolute Gasteiger partial charge is 0.469 e. The lowest BCUT2D eigenvalue weighted by Gasteiger charge is -2.36. The number of esters is 1. The molecule has 1 aromatic carbocycles. The van der Waals surface area contributed by atoms with Gasteiger partial charge >= 0.3 is 17.7 Å². The van der Waals surface area contributed by atoms with Gasteiger partial charge in [0.2, 0.25) is 5.91 Å². The van der Waals surface area contributed by atoms with Crippen molar-refractivity contribution in [3.8, 4) is 6.01 Å². The molecule has 3 rings (SSSR count). The zero-order valence-electron chi connectivity index (χ0n) is 28.8. The molecular formula is C35H53N5O5. The molecule has 2 aromatic heterocycles. The maximum Gasteiger partial charge on any atom is 0.328 e. The number of aromatic amines is 1. The zero-order valence-corrected chi connectivity index (χ0v) is 28.8. The lowest BCUT2D eigenvalue weighted by molar-refractivity contribution is -0.139. The minimum absolute atomic E-state index is 0.0335. The van der Waals surface area contributed by atoms with Gasteiger partial charge in [-0.2, -0.15) is 9.97 Å². The SMILES string of the molecule is CCCCOc1nc(NC(=O)CCC(C)(C)CC(C)(C)CCC(C)(C)C)c2[nH]c(=O)n(Cc3cccc(CC(=O)OC)c3)c2n1. The molecule has 2 N–H and O–H groups in total. The van der Waals surface area contributed by atoms with Crippen LogP contribution >= 0.6 is 0 Å². The summed E-state index contributed by atoms with van der Waals surface area (Å²) in [6.07, 6.45) is 6.21. The number of fused-ring (bicyclic) bond motifs is 1. The van der Waals surface area contributed by atoms with Crippen LogP contribution in [-0.2, 0) is 27.3 Å². The van der Waals surface area contributed by atoms with Crippen molar-refractivity contribution in [3.05, 3.63) is 45.9 Å². The first-order valence-electron chi connectivity index (χ1n) is 16.1. The number of H-pyrrole nitrogens is 1. The minimum Gasteiger partial charge on any atom is -0.469 e. The molecule has 0 saturated carbocycles. The summed E-state index contributed by atoms with van der Waals surface area (Å²) in [6, 6.07) is 7.50. The summed E-state index contributed by atoms with van der Waals surface area (Å²) < 4.78 is 12.1. The van der Waals surface area contributed by atoms with Gasteiger partial charge in [-0.15, -0.1) is 0 Å². The first-order chi connectivity index (χ1) is 21.0. The third-order valence-electron chi connectivity index (χ3n) is 8.03. The fraction of sp³-hybridized carbons (Fsp3) is 0.629. The van der Waals surface area contributed by atoms with E-state index >= 15 is 0 Å². The molecule has 0 bridgehead atoms. The Bertz CT molecular complexity index is 1510. The highest BCUT2D eigenvalue weighted by molar-refractivity contribution is 5.97. The standard InChI is InChI=1S/C35H53N5O5/c1-10-11-19-45-31-38-29(36-26(41)15-16-34(5,6)23-35(7,8)18-17-33(2,3)4)28-30(39-31)40(32(43)37-28)22-25-14-12-13-24(20-25)21-27(42)44-9/h12-14,20H,10-11,15-19,21-23H2,1-9H3,(H,37,43)(H,36,38,39,41). The van der Waals surface area contributed by atoms with Gasteiger partial charge in [0.05, 0.1) is 26.7 Å². The number of unbranched alkanes of at least 4 members (excludes halogenated alkanes) is 1. The van der Waals surface area contributed by atoms with Crippen LogP contribution in [0.4, 0.5) is 5.82 Å². The van der Waals surface area contributed by atoms with Gasteiger partial charge in [0.15, 0.2) is 11.5 Å². The highest BCUT2D eigenvalue weighted by Gasteiger charge is 2.30. The number of ether oxygens (including phenoxy) is 2. The van der Waals surface area contributed by atoms with Gasteiger partial charge in [-0.05, 0) is 59.5 Å². The van der Waals surface area contributed by atoms with Gasteiger partial charge in [-0.25, -0.2) is 4.79 Å². The molecule has 0 aliphatic rings. The molecule has 0 saturated heterocycles. The van der Waals surface area contributed by atoms with E-state index in [1.165, 1.54) is 11.7 Å². The van der Waals surface area contributed by atoms with Crippen molar-refractivity contribution in [1.29, 1.82) is 0 Å². The summed E-state index contributed by atoms with van der Waals surface area (Å²) in [4.78, 5) is 50.1. The van der Waals surface area contributed by atoms with Crippen molar-refractivity contribution in [3.63, 3.8) is 0 Å². The molecule has 0 atom stereocenters. The molecule has 10 nitrogen and oxygen atoms in total. The maximum atomic E-state index is 13.3. The monoisotopic (exact) mass is 623 g/mol. The van der Waals surface area contributed by atoms with Gasteiger partial charge in [-0.1, -0.05) is 86.1 Å². The molecule has 2 heterocycles. The highest BCUT2D eigenvalue weighted by atomic mass is 16.5. The van der Waals surface area contributed by atoms with Gasteiger partial charge in [-0.3, -0.25) is 14.2 Å². The number of amides is 1. The second-order valence-electron chi connectivity index (χ2n) is 15.0. The minimum atomic E-state index is -0.391. The number of nitrogens with zero attached hydrogens (tertiary/aromatic N) is 3. The second kappa shape index (κ2) is 15.1. The molecule has 1 amide bonds. The first-order valence-corrected chi connectivity index (χ1v) is 16.1. The van der Waals surface area contributed by atoms with E-state index in [1.54, 1.807) is 0 Å². The summed E-state index contributed by atoms with van der Waals surface area (Å²) in [5.41, 5.74) is 2.28. The Morgan fingerprint density at radius 3 is 2.33 bits per heavy atom. The van der Waals surface area contributed by atoms with E-state index in [4.69, 9.17) is 9.47 Å². The van der Waals surface area contributed by atoms with E-state index in [2.05, 4.69) is 75.7 Å². The number of nitrogens with one attached hydrogen (secondary N) is 2. The predicted octanol–water partition coefficient (Wildman–Crippen LogP) is 7.05. The van der Waals surface area contributed by atoms with E-state index in [1.807, 2.05) is 24.3 Å². The van der Waals surface area contributed by atoms with Crippen molar-refractivity contribution in [2.75, 3.05) is 19.0 Å². The Labute approximate surface area is 267 Å². The third-order valence-corrected chi connectivity index (χ3v) is 8.03. The smallest absolute Gasteiger partial charge is 0.328 e. The van der Waals surface area contributed by atoms with Crippen molar-refractivity contribution in [1.82, 2.24) is 19.5 Å². The topological polar surface area (TPSA) is 128 Å². The molecule has 0 fully saturated rings. The maximum absolute atomic E-state index is 13.3. The van der Waals surface area contributed by atoms with E-state index in [9.17, 15) is 14.4 Å². The van der Waals surface area contributed by atoms with Crippen LogP contribution in [0.25, 0.3) is 11.2 Å². The Morgan fingerprint density at radius 1 is 0.978 bits per heavy atom. The molecule has 0 aliphatic heterocycles. The van der Waals surface area contributed by atoms with Crippen LogP contribution in [0.1, 0.15) is 111 Å². The van der Waals surface area contributed by atoms with Crippen molar-refractivity contribution in [2.24, 2.45) is 16.2 Å². The number of carbonyl (C=O) groups is 2. The van der Waals surface area contributed by atoms with E-state index < -0.39 is 5.69 Å². The second-order valence-corrected chi connectivity index (χ2v) is 15.0. The Balaban J connectivity index is 1.82. The van der Waals surface area contributed by atoms with Crippen LogP contribution in [-0.4, -0.2) is 45.1 Å². The average Bonchev–Trinajstić information content (AvgIpc) is 3.25. The van der Waals surface area contributed by atoms with Crippen molar-refractivity contribution < 1.29 is 19.1 Å². The molecule has 0 aliphatic carbocycles.